The highest BCUT2D eigenvalue weighted by Crippen LogP contribution is 2.28. The largest absolute Gasteiger partial charge is 0.368 e. The Bertz CT molecular complexity index is 1220. The molecule has 2 fully saturated rings. The summed E-state index contributed by atoms with van der Waals surface area (Å²) in [5.41, 5.74) is 3.65. The summed E-state index contributed by atoms with van der Waals surface area (Å²) < 4.78 is 28.5. The van der Waals surface area contributed by atoms with Gasteiger partial charge in [-0.05, 0) is 54.1 Å². The Kier molecular flexibility index (Phi) is 7.16. The van der Waals surface area contributed by atoms with E-state index in [1.165, 1.54) is 24.3 Å². The fraction of sp³-hybridized carbons (Fsp3) is 0.370. The third-order valence-electron chi connectivity index (χ3n) is 7.07. The summed E-state index contributed by atoms with van der Waals surface area (Å²) in [6, 6.07) is 13.0. The molecular weight excluding hydrogens is 484 g/mol. The lowest BCUT2D eigenvalue weighted by Crippen LogP contribution is -2.49. The van der Waals surface area contributed by atoms with Gasteiger partial charge in [-0.25, -0.2) is 8.78 Å². The SMILES string of the molecule is Cn1cc(CN2CCN(c3ccc(F)cc3Cl)CC2)cc1C(=O)N1CCN(c2ccc(F)cc2)CC1. The van der Waals surface area contributed by atoms with Crippen LogP contribution >= 0.6 is 11.6 Å². The number of nitrogens with zero attached hydrogens (tertiary/aromatic N) is 5. The van der Waals surface area contributed by atoms with Crippen molar-refractivity contribution in [3.8, 4) is 0 Å². The van der Waals surface area contributed by atoms with Crippen LogP contribution in [0.4, 0.5) is 20.2 Å². The van der Waals surface area contributed by atoms with Crippen molar-refractivity contribution in [2.45, 2.75) is 6.54 Å². The van der Waals surface area contributed by atoms with Crippen molar-refractivity contribution in [2.24, 2.45) is 7.05 Å². The van der Waals surface area contributed by atoms with Crippen LogP contribution in [-0.4, -0.2) is 72.6 Å². The second kappa shape index (κ2) is 10.5. The minimum atomic E-state index is -0.327. The van der Waals surface area contributed by atoms with Gasteiger partial charge < -0.3 is 19.3 Å². The van der Waals surface area contributed by atoms with E-state index in [4.69, 9.17) is 11.6 Å². The van der Waals surface area contributed by atoms with Gasteiger partial charge in [0.1, 0.15) is 17.3 Å². The van der Waals surface area contributed by atoms with E-state index in [0.717, 1.165) is 62.8 Å². The van der Waals surface area contributed by atoms with Crippen LogP contribution in [0.25, 0.3) is 0 Å². The second-order valence-corrected chi connectivity index (χ2v) is 9.87. The summed E-state index contributed by atoms with van der Waals surface area (Å²) in [7, 11) is 1.92. The lowest BCUT2D eigenvalue weighted by atomic mass is 10.2. The van der Waals surface area contributed by atoms with E-state index < -0.39 is 0 Å². The third kappa shape index (κ3) is 5.34. The van der Waals surface area contributed by atoms with Crippen LogP contribution in [0, 0.1) is 11.6 Å². The Labute approximate surface area is 215 Å². The van der Waals surface area contributed by atoms with E-state index >= 15 is 0 Å². The van der Waals surface area contributed by atoms with Crippen LogP contribution in [-0.2, 0) is 13.6 Å². The molecule has 5 rings (SSSR count). The van der Waals surface area contributed by atoms with Gasteiger partial charge >= 0.3 is 0 Å². The lowest BCUT2D eigenvalue weighted by molar-refractivity contribution is 0.0737. The van der Waals surface area contributed by atoms with E-state index in [1.54, 1.807) is 18.2 Å². The summed E-state index contributed by atoms with van der Waals surface area (Å²) in [6.07, 6.45) is 2.03. The van der Waals surface area contributed by atoms with Crippen LogP contribution in [0.2, 0.25) is 5.02 Å². The zero-order valence-electron chi connectivity index (χ0n) is 20.3. The first-order chi connectivity index (χ1) is 17.4. The molecule has 0 bridgehead atoms. The molecule has 1 aromatic heterocycles. The molecule has 0 aliphatic carbocycles. The van der Waals surface area contributed by atoms with Crippen molar-refractivity contribution in [3.63, 3.8) is 0 Å². The van der Waals surface area contributed by atoms with E-state index in [-0.39, 0.29) is 17.5 Å². The molecule has 3 aromatic rings. The van der Waals surface area contributed by atoms with Gasteiger partial charge in [-0.1, -0.05) is 11.6 Å². The molecule has 2 aliphatic heterocycles. The number of rotatable bonds is 5. The number of aryl methyl sites for hydroxylation is 1. The maximum Gasteiger partial charge on any atom is 0.270 e. The van der Waals surface area contributed by atoms with E-state index in [0.29, 0.717) is 23.8 Å². The van der Waals surface area contributed by atoms with Crippen molar-refractivity contribution < 1.29 is 13.6 Å². The summed E-state index contributed by atoms with van der Waals surface area (Å²) >= 11 is 6.24. The highest BCUT2D eigenvalue weighted by Gasteiger charge is 2.25. The third-order valence-corrected chi connectivity index (χ3v) is 7.37. The van der Waals surface area contributed by atoms with Crippen molar-refractivity contribution in [1.82, 2.24) is 14.4 Å². The van der Waals surface area contributed by atoms with Crippen molar-refractivity contribution >= 4 is 28.9 Å². The molecule has 6 nitrogen and oxygen atoms in total. The van der Waals surface area contributed by atoms with Crippen molar-refractivity contribution in [2.75, 3.05) is 62.2 Å². The highest BCUT2D eigenvalue weighted by molar-refractivity contribution is 6.33. The first-order valence-corrected chi connectivity index (χ1v) is 12.6. The molecular formula is C27H30ClF2N5O. The average Bonchev–Trinajstić information content (AvgIpc) is 3.24. The van der Waals surface area contributed by atoms with Gasteiger partial charge in [0.15, 0.2) is 0 Å². The van der Waals surface area contributed by atoms with E-state index in [1.807, 2.05) is 28.8 Å². The smallest absolute Gasteiger partial charge is 0.270 e. The Hall–Kier alpha value is -3.10. The van der Waals surface area contributed by atoms with Crippen molar-refractivity contribution in [1.29, 1.82) is 0 Å². The molecule has 2 aliphatic rings. The zero-order valence-corrected chi connectivity index (χ0v) is 21.1. The first kappa shape index (κ1) is 24.6. The first-order valence-electron chi connectivity index (χ1n) is 12.2. The summed E-state index contributed by atoms with van der Waals surface area (Å²) in [6.45, 7) is 6.80. The fourth-order valence-electron chi connectivity index (χ4n) is 5.06. The number of hydrogen-bond donors (Lipinski definition) is 0. The number of hydrogen-bond acceptors (Lipinski definition) is 4. The minimum absolute atomic E-state index is 0.0401. The monoisotopic (exact) mass is 513 g/mol. The van der Waals surface area contributed by atoms with E-state index in [2.05, 4.69) is 14.7 Å². The molecule has 9 heteroatoms. The number of aromatic nitrogens is 1. The number of anilines is 2. The number of amides is 1. The van der Waals surface area contributed by atoms with E-state index in [9.17, 15) is 13.6 Å². The maximum atomic E-state index is 13.4. The molecule has 0 atom stereocenters. The summed E-state index contributed by atoms with van der Waals surface area (Å²) in [5, 5.41) is 0.438. The Morgan fingerprint density at radius 3 is 2.14 bits per heavy atom. The molecule has 3 heterocycles. The fourth-order valence-corrected chi connectivity index (χ4v) is 5.34. The van der Waals surface area contributed by atoms with Gasteiger partial charge in [-0.3, -0.25) is 9.69 Å². The Morgan fingerprint density at radius 2 is 1.47 bits per heavy atom. The summed E-state index contributed by atoms with van der Waals surface area (Å²) in [5.74, 6) is -0.531. The predicted molar refractivity (Wildman–Crippen MR) is 139 cm³/mol. The number of halogens is 3. The summed E-state index contributed by atoms with van der Waals surface area (Å²) in [4.78, 5) is 21.9. The molecule has 190 valence electrons. The minimum Gasteiger partial charge on any atom is -0.368 e. The molecule has 36 heavy (non-hydrogen) atoms. The molecule has 0 saturated carbocycles. The quantitative estimate of drug-likeness (QED) is 0.511. The molecule has 2 saturated heterocycles. The number of carbonyl (C=O) groups is 1. The van der Waals surface area contributed by atoms with Gasteiger partial charge in [0.25, 0.3) is 5.91 Å². The normalized spacial score (nSPS) is 17.1. The Morgan fingerprint density at radius 1 is 0.833 bits per heavy atom. The van der Waals surface area contributed by atoms with Crippen LogP contribution < -0.4 is 9.80 Å². The molecule has 0 radical (unpaired) electrons. The van der Waals surface area contributed by atoms with Crippen LogP contribution in [0.15, 0.2) is 54.7 Å². The zero-order chi connectivity index (χ0) is 25.2. The Balaban J connectivity index is 1.15. The van der Waals surface area contributed by atoms with Crippen LogP contribution in [0.3, 0.4) is 0 Å². The van der Waals surface area contributed by atoms with Crippen LogP contribution in [0.5, 0.6) is 0 Å². The number of piperazine rings is 2. The highest BCUT2D eigenvalue weighted by atomic mass is 35.5. The van der Waals surface area contributed by atoms with Gasteiger partial charge in [0.05, 0.1) is 10.7 Å². The second-order valence-electron chi connectivity index (χ2n) is 9.46. The molecule has 0 N–H and O–H groups in total. The number of carbonyl (C=O) groups excluding carboxylic acids is 1. The van der Waals surface area contributed by atoms with Gasteiger partial charge in [-0.2, -0.15) is 0 Å². The predicted octanol–water partition coefficient (Wildman–Crippen LogP) is 4.24. The molecule has 1 amide bonds. The molecule has 2 aromatic carbocycles. The van der Waals surface area contributed by atoms with Crippen molar-refractivity contribution in [3.05, 3.63) is 82.6 Å². The molecule has 0 unspecified atom stereocenters. The van der Waals surface area contributed by atoms with Crippen LogP contribution in [0.1, 0.15) is 16.1 Å². The molecule has 0 spiro atoms. The van der Waals surface area contributed by atoms with Gasteiger partial charge in [-0.15, -0.1) is 0 Å². The maximum absolute atomic E-state index is 13.4. The van der Waals surface area contributed by atoms with Gasteiger partial charge in [0, 0.05) is 77.8 Å². The standard InChI is InChI=1S/C27H30ClF2N5O/c1-31-18-20(19-32-8-10-34(11-9-32)25-7-4-22(30)17-24(25)28)16-26(31)27(36)35-14-12-33(13-15-35)23-5-2-21(29)3-6-23/h2-7,16-18H,8-15,19H2,1H3. The topological polar surface area (TPSA) is 35.0 Å². The van der Waals surface area contributed by atoms with Gasteiger partial charge in [0.2, 0.25) is 0 Å². The number of benzene rings is 2. The average molecular weight is 514 g/mol. The lowest BCUT2D eigenvalue weighted by Gasteiger charge is -2.36.